The van der Waals surface area contributed by atoms with Crippen LogP contribution in [0.4, 0.5) is 0 Å². The van der Waals surface area contributed by atoms with Gasteiger partial charge in [0.05, 0.1) is 0 Å². The lowest BCUT2D eigenvalue weighted by Crippen LogP contribution is -2.44. The highest BCUT2D eigenvalue weighted by molar-refractivity contribution is 5.43. The fraction of sp³-hybridized carbons (Fsp3) is 0.684. The predicted molar refractivity (Wildman–Crippen MR) is 93.4 cm³/mol. The zero-order chi connectivity index (χ0) is 16.1. The molecule has 0 spiro atoms. The van der Waals surface area contributed by atoms with Crippen LogP contribution in [0, 0.1) is 6.92 Å². The molecular formula is C19H32N2O. The van der Waals surface area contributed by atoms with Gasteiger partial charge >= 0.3 is 0 Å². The SMILES string of the molecule is CCc1cc(C)c(O)c(CN2CCC(N(CC)CC)CC2)c1. The topological polar surface area (TPSA) is 26.7 Å². The Kier molecular flexibility index (Phi) is 6.27. The van der Waals surface area contributed by atoms with Crippen LogP contribution in [0.3, 0.4) is 0 Å². The van der Waals surface area contributed by atoms with Crippen LogP contribution in [-0.2, 0) is 13.0 Å². The Hall–Kier alpha value is -1.06. The van der Waals surface area contributed by atoms with E-state index in [0.717, 1.165) is 56.3 Å². The highest BCUT2D eigenvalue weighted by Gasteiger charge is 2.23. The van der Waals surface area contributed by atoms with E-state index in [1.807, 2.05) is 6.92 Å². The van der Waals surface area contributed by atoms with Crippen LogP contribution < -0.4 is 0 Å². The van der Waals surface area contributed by atoms with Crippen LogP contribution in [-0.4, -0.2) is 47.1 Å². The summed E-state index contributed by atoms with van der Waals surface area (Å²) in [5.41, 5.74) is 3.42. The summed E-state index contributed by atoms with van der Waals surface area (Å²) in [4.78, 5) is 5.07. The molecule has 0 atom stereocenters. The zero-order valence-corrected chi connectivity index (χ0v) is 14.7. The van der Waals surface area contributed by atoms with E-state index in [4.69, 9.17) is 0 Å². The average molecular weight is 304 g/mol. The Morgan fingerprint density at radius 2 is 1.77 bits per heavy atom. The normalized spacial score (nSPS) is 17.3. The second kappa shape index (κ2) is 7.98. The Morgan fingerprint density at radius 1 is 1.14 bits per heavy atom. The number of hydrogen-bond donors (Lipinski definition) is 1. The molecule has 0 radical (unpaired) electrons. The second-order valence-electron chi connectivity index (χ2n) is 6.50. The maximum absolute atomic E-state index is 10.3. The van der Waals surface area contributed by atoms with Crippen molar-refractivity contribution in [2.45, 2.75) is 59.5 Å². The number of phenols is 1. The van der Waals surface area contributed by atoms with Gasteiger partial charge in [-0.1, -0.05) is 32.9 Å². The minimum absolute atomic E-state index is 0.489. The summed E-state index contributed by atoms with van der Waals surface area (Å²) in [6.07, 6.45) is 3.52. The largest absolute Gasteiger partial charge is 0.507 e. The number of rotatable bonds is 6. The van der Waals surface area contributed by atoms with Crippen LogP contribution in [0.2, 0.25) is 0 Å². The van der Waals surface area contributed by atoms with E-state index in [-0.39, 0.29) is 0 Å². The van der Waals surface area contributed by atoms with Gasteiger partial charge in [0.25, 0.3) is 0 Å². The molecule has 1 saturated heterocycles. The second-order valence-corrected chi connectivity index (χ2v) is 6.50. The van der Waals surface area contributed by atoms with Gasteiger partial charge in [-0.05, 0) is 63.5 Å². The van der Waals surface area contributed by atoms with Crippen molar-refractivity contribution in [2.75, 3.05) is 26.2 Å². The molecule has 0 unspecified atom stereocenters. The summed E-state index contributed by atoms with van der Waals surface area (Å²) in [6.45, 7) is 14.1. The van der Waals surface area contributed by atoms with Crippen LogP contribution in [0.15, 0.2) is 12.1 Å². The molecule has 124 valence electrons. The summed E-state index contributed by atoms with van der Waals surface area (Å²) < 4.78 is 0. The molecule has 1 N–H and O–H groups in total. The van der Waals surface area contributed by atoms with Crippen LogP contribution in [0.1, 0.15) is 50.3 Å². The molecule has 1 aromatic carbocycles. The van der Waals surface area contributed by atoms with Crippen molar-refractivity contribution in [3.63, 3.8) is 0 Å². The minimum atomic E-state index is 0.489. The van der Waals surface area contributed by atoms with Crippen LogP contribution in [0.25, 0.3) is 0 Å². The molecule has 1 fully saturated rings. The molecule has 2 rings (SSSR count). The molecule has 0 bridgehead atoms. The van der Waals surface area contributed by atoms with Gasteiger partial charge < -0.3 is 10.0 Å². The first-order chi connectivity index (χ1) is 10.6. The quantitative estimate of drug-likeness (QED) is 0.870. The Morgan fingerprint density at radius 3 is 2.32 bits per heavy atom. The van der Waals surface area contributed by atoms with E-state index in [2.05, 4.69) is 42.7 Å². The molecule has 1 aliphatic rings. The van der Waals surface area contributed by atoms with Gasteiger partial charge in [-0.25, -0.2) is 0 Å². The van der Waals surface area contributed by atoms with Crippen molar-refractivity contribution < 1.29 is 5.11 Å². The Bertz CT molecular complexity index is 475. The molecule has 3 heteroatoms. The van der Waals surface area contributed by atoms with E-state index in [9.17, 15) is 5.11 Å². The van der Waals surface area contributed by atoms with E-state index in [0.29, 0.717) is 5.75 Å². The van der Waals surface area contributed by atoms with Gasteiger partial charge in [-0.2, -0.15) is 0 Å². The number of nitrogens with zero attached hydrogens (tertiary/aromatic N) is 2. The first kappa shape index (κ1) is 17.3. The van der Waals surface area contributed by atoms with Crippen molar-refractivity contribution in [3.8, 4) is 5.75 Å². The highest BCUT2D eigenvalue weighted by Crippen LogP contribution is 2.27. The number of aromatic hydroxyl groups is 1. The van der Waals surface area contributed by atoms with E-state index in [1.165, 1.54) is 18.4 Å². The van der Waals surface area contributed by atoms with Crippen LogP contribution in [0.5, 0.6) is 5.75 Å². The standard InChI is InChI=1S/C19H32N2O/c1-5-16-12-15(4)19(22)17(13-16)14-20-10-8-18(9-11-20)21(6-2)7-3/h12-13,18,22H,5-11,14H2,1-4H3. The first-order valence-corrected chi connectivity index (χ1v) is 8.86. The number of likely N-dealkylation sites (tertiary alicyclic amines) is 1. The van der Waals surface area contributed by atoms with Gasteiger partial charge in [0.15, 0.2) is 0 Å². The summed E-state index contributed by atoms with van der Waals surface area (Å²) in [7, 11) is 0. The lowest BCUT2D eigenvalue weighted by Gasteiger charge is -2.37. The molecule has 0 saturated carbocycles. The summed E-state index contributed by atoms with van der Waals surface area (Å²) >= 11 is 0. The highest BCUT2D eigenvalue weighted by atomic mass is 16.3. The van der Waals surface area contributed by atoms with Crippen molar-refractivity contribution in [3.05, 3.63) is 28.8 Å². The van der Waals surface area contributed by atoms with Crippen molar-refractivity contribution in [2.24, 2.45) is 0 Å². The van der Waals surface area contributed by atoms with Gasteiger partial charge in [0.2, 0.25) is 0 Å². The average Bonchev–Trinajstić information content (AvgIpc) is 2.54. The van der Waals surface area contributed by atoms with Crippen molar-refractivity contribution in [1.29, 1.82) is 0 Å². The molecule has 0 amide bonds. The monoisotopic (exact) mass is 304 g/mol. The van der Waals surface area contributed by atoms with Gasteiger partial charge in [0.1, 0.15) is 5.75 Å². The molecular weight excluding hydrogens is 272 g/mol. The fourth-order valence-electron chi connectivity index (χ4n) is 3.68. The summed E-state index contributed by atoms with van der Waals surface area (Å²) in [5, 5.41) is 10.3. The Labute approximate surface area is 135 Å². The number of hydrogen-bond acceptors (Lipinski definition) is 3. The number of aryl methyl sites for hydroxylation is 2. The van der Waals surface area contributed by atoms with Crippen molar-refractivity contribution >= 4 is 0 Å². The van der Waals surface area contributed by atoms with Crippen LogP contribution >= 0.6 is 0 Å². The third kappa shape index (κ3) is 4.02. The molecule has 3 nitrogen and oxygen atoms in total. The third-order valence-electron chi connectivity index (χ3n) is 5.13. The van der Waals surface area contributed by atoms with Crippen molar-refractivity contribution in [1.82, 2.24) is 9.80 Å². The van der Waals surface area contributed by atoms with Gasteiger partial charge in [-0.15, -0.1) is 0 Å². The first-order valence-electron chi connectivity index (χ1n) is 8.86. The predicted octanol–water partition coefficient (Wildman–Crippen LogP) is 3.57. The summed E-state index contributed by atoms with van der Waals surface area (Å²) in [5.74, 6) is 0.489. The molecule has 1 heterocycles. The van der Waals surface area contributed by atoms with Gasteiger partial charge in [-0.3, -0.25) is 4.90 Å². The maximum Gasteiger partial charge on any atom is 0.122 e. The lowest BCUT2D eigenvalue weighted by atomic mass is 10.00. The zero-order valence-electron chi connectivity index (χ0n) is 14.7. The molecule has 0 aliphatic carbocycles. The summed E-state index contributed by atoms with van der Waals surface area (Å²) in [6, 6.07) is 5.02. The fourth-order valence-corrected chi connectivity index (χ4v) is 3.68. The number of phenolic OH excluding ortho intramolecular Hbond substituents is 1. The Balaban J connectivity index is 1.98. The number of benzene rings is 1. The smallest absolute Gasteiger partial charge is 0.122 e. The molecule has 1 aliphatic heterocycles. The van der Waals surface area contributed by atoms with Gasteiger partial charge in [0, 0.05) is 18.2 Å². The lowest BCUT2D eigenvalue weighted by molar-refractivity contribution is 0.112. The molecule has 0 aromatic heterocycles. The molecule has 22 heavy (non-hydrogen) atoms. The van der Waals surface area contributed by atoms with E-state index >= 15 is 0 Å². The minimum Gasteiger partial charge on any atom is -0.507 e. The van der Waals surface area contributed by atoms with E-state index in [1.54, 1.807) is 0 Å². The molecule has 1 aromatic rings. The number of piperidine rings is 1. The van der Waals surface area contributed by atoms with E-state index < -0.39 is 0 Å². The maximum atomic E-state index is 10.3. The third-order valence-corrected chi connectivity index (χ3v) is 5.13.